The van der Waals surface area contributed by atoms with Gasteiger partial charge in [-0.1, -0.05) is 6.07 Å². The van der Waals surface area contributed by atoms with Crippen LogP contribution in [-0.2, 0) is 6.54 Å². The van der Waals surface area contributed by atoms with Gasteiger partial charge < -0.3 is 20.8 Å². The fraction of sp³-hybridized carbons (Fsp3) is 0.118. The Morgan fingerprint density at radius 3 is 2.88 bits per heavy atom. The molecule has 134 valence electrons. The zero-order valence-electron chi connectivity index (χ0n) is 13.7. The van der Waals surface area contributed by atoms with Crippen LogP contribution in [0.5, 0.6) is 5.88 Å². The summed E-state index contributed by atoms with van der Waals surface area (Å²) >= 11 is 0. The van der Waals surface area contributed by atoms with Crippen molar-refractivity contribution in [3.8, 4) is 17.1 Å². The fourth-order valence-corrected chi connectivity index (χ4v) is 2.28. The van der Waals surface area contributed by atoms with Gasteiger partial charge in [0.05, 0.1) is 5.69 Å². The van der Waals surface area contributed by atoms with Crippen molar-refractivity contribution in [2.75, 3.05) is 5.73 Å². The Morgan fingerprint density at radius 1 is 1.31 bits per heavy atom. The molecular weight excluding hydrogens is 344 g/mol. The molecule has 2 aromatic heterocycles. The minimum Gasteiger partial charge on any atom is -0.393 e. The predicted molar refractivity (Wildman–Crippen MR) is 90.2 cm³/mol. The monoisotopic (exact) mass is 359 g/mol. The van der Waals surface area contributed by atoms with Gasteiger partial charge in [-0.05, 0) is 30.2 Å². The van der Waals surface area contributed by atoms with Crippen LogP contribution >= 0.6 is 0 Å². The van der Waals surface area contributed by atoms with Crippen molar-refractivity contribution in [2.45, 2.75) is 13.5 Å². The number of H-pyrrole nitrogens is 1. The molecule has 4 N–H and O–H groups in total. The number of aryl methyl sites for hydroxylation is 1. The maximum absolute atomic E-state index is 13.1. The number of ether oxygens (including phenoxy) is 1. The molecule has 0 bridgehead atoms. The second kappa shape index (κ2) is 7.18. The smallest absolute Gasteiger partial charge is 0.393 e. The van der Waals surface area contributed by atoms with E-state index >= 15 is 0 Å². The summed E-state index contributed by atoms with van der Waals surface area (Å²) in [4.78, 5) is 22.7. The second-order valence-electron chi connectivity index (χ2n) is 5.50. The highest BCUT2D eigenvalue weighted by atomic mass is 19.2. The molecule has 0 radical (unpaired) electrons. The van der Waals surface area contributed by atoms with Crippen molar-refractivity contribution in [1.29, 1.82) is 0 Å². The number of nitrogen functional groups attached to an aromatic ring is 1. The van der Waals surface area contributed by atoms with Crippen molar-refractivity contribution in [1.82, 2.24) is 20.3 Å². The van der Waals surface area contributed by atoms with Crippen molar-refractivity contribution in [3.05, 3.63) is 59.4 Å². The van der Waals surface area contributed by atoms with Gasteiger partial charge >= 0.3 is 6.09 Å². The first-order valence-electron chi connectivity index (χ1n) is 7.60. The summed E-state index contributed by atoms with van der Waals surface area (Å²) in [6.45, 7) is 1.82. The molecule has 1 amide bonds. The third-order valence-electron chi connectivity index (χ3n) is 3.54. The summed E-state index contributed by atoms with van der Waals surface area (Å²) in [6.07, 6.45) is 2.47. The zero-order valence-corrected chi connectivity index (χ0v) is 13.7. The number of nitrogens with two attached hydrogens (primary N) is 1. The van der Waals surface area contributed by atoms with Gasteiger partial charge in [0, 0.05) is 30.6 Å². The van der Waals surface area contributed by atoms with Crippen LogP contribution in [-0.4, -0.2) is 21.0 Å². The molecule has 0 fully saturated rings. The Labute approximate surface area is 147 Å². The SMILES string of the molecule is Cc1cnc(N)nc1-c1c[nH]c(OC(=O)NCc2ccc(F)c(F)c2)c1. The van der Waals surface area contributed by atoms with E-state index in [4.69, 9.17) is 10.5 Å². The first-order chi connectivity index (χ1) is 12.4. The quantitative estimate of drug-likeness (QED) is 0.664. The Kier molecular flexibility index (Phi) is 4.78. The van der Waals surface area contributed by atoms with E-state index in [0.717, 1.165) is 17.7 Å². The van der Waals surface area contributed by atoms with Gasteiger partial charge in [-0.2, -0.15) is 0 Å². The molecule has 0 unspecified atom stereocenters. The van der Waals surface area contributed by atoms with Crippen LogP contribution in [0.3, 0.4) is 0 Å². The normalized spacial score (nSPS) is 10.6. The summed E-state index contributed by atoms with van der Waals surface area (Å²) in [5.74, 6) is -1.60. The lowest BCUT2D eigenvalue weighted by Crippen LogP contribution is -2.26. The molecule has 0 saturated heterocycles. The molecule has 9 heteroatoms. The Hall–Kier alpha value is -3.49. The van der Waals surface area contributed by atoms with Crippen LogP contribution in [0.4, 0.5) is 19.5 Å². The van der Waals surface area contributed by atoms with E-state index < -0.39 is 17.7 Å². The molecule has 1 aromatic carbocycles. The van der Waals surface area contributed by atoms with Crippen LogP contribution in [0.1, 0.15) is 11.1 Å². The number of hydrogen-bond acceptors (Lipinski definition) is 5. The lowest BCUT2D eigenvalue weighted by Gasteiger charge is -2.05. The Morgan fingerprint density at radius 2 is 2.12 bits per heavy atom. The van der Waals surface area contributed by atoms with E-state index in [1.807, 2.05) is 6.92 Å². The minimum atomic E-state index is -0.980. The number of benzene rings is 1. The van der Waals surface area contributed by atoms with Gasteiger partial charge in [0.2, 0.25) is 11.8 Å². The van der Waals surface area contributed by atoms with E-state index in [1.54, 1.807) is 18.5 Å². The third-order valence-corrected chi connectivity index (χ3v) is 3.54. The molecule has 7 nitrogen and oxygen atoms in total. The molecule has 0 aliphatic rings. The number of amides is 1. The molecule has 0 aliphatic carbocycles. The molecule has 2 heterocycles. The van der Waals surface area contributed by atoms with Gasteiger partial charge in [-0.15, -0.1) is 0 Å². The van der Waals surface area contributed by atoms with Gasteiger partial charge in [0.1, 0.15) is 0 Å². The maximum atomic E-state index is 13.1. The van der Waals surface area contributed by atoms with Crippen molar-refractivity contribution in [3.63, 3.8) is 0 Å². The largest absolute Gasteiger partial charge is 0.414 e. The zero-order chi connectivity index (χ0) is 18.7. The first-order valence-corrected chi connectivity index (χ1v) is 7.60. The number of carbonyl (C=O) groups is 1. The van der Waals surface area contributed by atoms with E-state index in [9.17, 15) is 13.6 Å². The van der Waals surface area contributed by atoms with Crippen molar-refractivity contribution in [2.24, 2.45) is 0 Å². The molecule has 3 rings (SSSR count). The van der Waals surface area contributed by atoms with E-state index in [-0.39, 0.29) is 18.4 Å². The van der Waals surface area contributed by atoms with Gasteiger partial charge in [0.15, 0.2) is 11.6 Å². The molecule has 0 atom stereocenters. The van der Waals surface area contributed by atoms with E-state index in [1.165, 1.54) is 6.07 Å². The van der Waals surface area contributed by atoms with E-state index in [2.05, 4.69) is 20.3 Å². The number of aromatic nitrogens is 3. The van der Waals surface area contributed by atoms with Crippen LogP contribution in [0.15, 0.2) is 36.7 Å². The predicted octanol–water partition coefficient (Wildman–Crippen LogP) is 2.93. The Balaban J connectivity index is 1.62. The fourth-order valence-electron chi connectivity index (χ4n) is 2.28. The lowest BCUT2D eigenvalue weighted by atomic mass is 10.1. The molecule has 0 aliphatic heterocycles. The number of anilines is 1. The number of nitrogens with one attached hydrogen (secondary N) is 2. The number of carbonyl (C=O) groups excluding carboxylic acids is 1. The van der Waals surface area contributed by atoms with Crippen LogP contribution < -0.4 is 15.8 Å². The second-order valence-corrected chi connectivity index (χ2v) is 5.50. The molecule has 0 saturated carbocycles. The highest BCUT2D eigenvalue weighted by Gasteiger charge is 2.11. The third kappa shape index (κ3) is 3.94. The number of halogens is 2. The Bertz CT molecular complexity index is 958. The van der Waals surface area contributed by atoms with Crippen LogP contribution in [0.2, 0.25) is 0 Å². The minimum absolute atomic E-state index is 0.00878. The van der Waals surface area contributed by atoms with Gasteiger partial charge in [-0.25, -0.2) is 23.5 Å². The first kappa shape index (κ1) is 17.3. The summed E-state index contributed by atoms with van der Waals surface area (Å²) in [5, 5.41) is 2.45. The average molecular weight is 359 g/mol. The molecular formula is C17H15F2N5O2. The lowest BCUT2D eigenvalue weighted by molar-refractivity contribution is 0.198. The average Bonchev–Trinajstić information content (AvgIpc) is 3.06. The summed E-state index contributed by atoms with van der Waals surface area (Å²) in [7, 11) is 0. The number of nitrogens with zero attached hydrogens (tertiary/aromatic N) is 2. The number of hydrogen-bond donors (Lipinski definition) is 3. The number of aromatic amines is 1. The summed E-state index contributed by atoms with van der Waals surface area (Å²) in [6, 6.07) is 4.95. The number of rotatable bonds is 4. The highest BCUT2D eigenvalue weighted by Crippen LogP contribution is 2.25. The van der Waals surface area contributed by atoms with Crippen molar-refractivity contribution >= 4 is 12.0 Å². The highest BCUT2D eigenvalue weighted by molar-refractivity contribution is 5.71. The van der Waals surface area contributed by atoms with Gasteiger partial charge in [-0.3, -0.25) is 0 Å². The molecule has 0 spiro atoms. The summed E-state index contributed by atoms with van der Waals surface area (Å²) in [5.41, 5.74) is 8.10. The summed E-state index contributed by atoms with van der Waals surface area (Å²) < 4.78 is 31.1. The topological polar surface area (TPSA) is 106 Å². The van der Waals surface area contributed by atoms with Crippen LogP contribution in [0.25, 0.3) is 11.3 Å². The van der Waals surface area contributed by atoms with Crippen molar-refractivity contribution < 1.29 is 18.3 Å². The maximum Gasteiger partial charge on any atom is 0.414 e. The molecule has 26 heavy (non-hydrogen) atoms. The van der Waals surface area contributed by atoms with E-state index in [0.29, 0.717) is 16.8 Å². The van der Waals surface area contributed by atoms with Crippen LogP contribution in [0, 0.1) is 18.6 Å². The standard InChI is InChI=1S/C17H15F2N5O2/c1-9-6-22-16(20)24-15(9)11-5-14(21-8-11)26-17(25)23-7-10-2-3-12(18)13(19)4-10/h2-6,8,21H,7H2,1H3,(H,23,25)(H2,20,22,24). The van der Waals surface area contributed by atoms with Gasteiger partial charge in [0.25, 0.3) is 0 Å². The molecule has 3 aromatic rings.